The lowest BCUT2D eigenvalue weighted by Gasteiger charge is -2.08. The van der Waals surface area contributed by atoms with Crippen molar-refractivity contribution in [2.24, 2.45) is 0 Å². The van der Waals surface area contributed by atoms with Crippen LogP contribution in [0.5, 0.6) is 0 Å². The molecule has 32 heavy (non-hydrogen) atoms. The molecule has 172 valence electrons. The normalized spacial score (nSPS) is 10.2. The first-order valence-corrected chi connectivity index (χ1v) is 10.9. The first-order chi connectivity index (χ1) is 15.3. The van der Waals surface area contributed by atoms with E-state index < -0.39 is 11.7 Å². The molecule has 5 heteroatoms. The molecular weight excluding hydrogens is 409 g/mol. The molecule has 0 saturated heterocycles. The molecule has 0 N–H and O–H groups in total. The Morgan fingerprint density at radius 3 is 1.88 bits per heavy atom. The van der Waals surface area contributed by atoms with Gasteiger partial charge in [0.1, 0.15) is 5.82 Å². The number of aryl methyl sites for hydroxylation is 3. The first-order valence-electron chi connectivity index (χ1n) is 10.9. The second-order valence-corrected chi connectivity index (χ2v) is 6.64. The highest BCUT2D eigenvalue weighted by molar-refractivity contribution is 5.64. The van der Waals surface area contributed by atoms with Crippen LogP contribution in [-0.2, 0) is 6.18 Å². The predicted molar refractivity (Wildman–Crippen MR) is 129 cm³/mol. The van der Waals surface area contributed by atoms with Crippen molar-refractivity contribution in [3.8, 4) is 11.1 Å². The van der Waals surface area contributed by atoms with E-state index in [-0.39, 0.29) is 0 Å². The van der Waals surface area contributed by atoms with Crippen LogP contribution in [0.1, 0.15) is 50.3 Å². The maximum Gasteiger partial charge on any atom is 0.416 e. The lowest BCUT2D eigenvalue weighted by atomic mass is 10.0. The van der Waals surface area contributed by atoms with Gasteiger partial charge in [-0.15, -0.1) is 0 Å². The molecule has 0 spiro atoms. The molecule has 2 heterocycles. The minimum atomic E-state index is -4.27. The van der Waals surface area contributed by atoms with Gasteiger partial charge < -0.3 is 4.40 Å². The van der Waals surface area contributed by atoms with Crippen LogP contribution in [0, 0.1) is 20.8 Å². The third kappa shape index (κ3) is 7.26. The monoisotopic (exact) mass is 442 g/mol. The minimum absolute atomic E-state index is 0.617. The van der Waals surface area contributed by atoms with Gasteiger partial charge in [0, 0.05) is 6.20 Å². The molecule has 0 radical (unpaired) electrons. The summed E-state index contributed by atoms with van der Waals surface area (Å²) in [4.78, 5) is 4.35. The van der Waals surface area contributed by atoms with Gasteiger partial charge in [-0.1, -0.05) is 75.7 Å². The Hall–Kier alpha value is -3.08. The number of halogens is 3. The van der Waals surface area contributed by atoms with E-state index in [0.29, 0.717) is 0 Å². The molecule has 0 aliphatic carbocycles. The van der Waals surface area contributed by atoms with Gasteiger partial charge in [-0.05, 0) is 56.2 Å². The molecule has 0 aliphatic rings. The van der Waals surface area contributed by atoms with Gasteiger partial charge in [-0.25, -0.2) is 4.98 Å². The van der Waals surface area contributed by atoms with E-state index in [9.17, 15) is 13.2 Å². The van der Waals surface area contributed by atoms with Gasteiger partial charge in [0.2, 0.25) is 0 Å². The van der Waals surface area contributed by atoms with Crippen LogP contribution < -0.4 is 0 Å². The number of pyridine rings is 1. The molecule has 2 aromatic heterocycles. The zero-order valence-corrected chi connectivity index (χ0v) is 20.0. The number of nitrogens with zero attached hydrogens (tertiary/aromatic N) is 2. The van der Waals surface area contributed by atoms with Crippen molar-refractivity contribution >= 4 is 5.52 Å². The van der Waals surface area contributed by atoms with Crippen molar-refractivity contribution in [1.29, 1.82) is 0 Å². The Morgan fingerprint density at radius 1 is 0.719 bits per heavy atom. The maximum atomic E-state index is 12.4. The molecule has 0 bridgehead atoms. The smallest absolute Gasteiger partial charge is 0.304 e. The van der Waals surface area contributed by atoms with Crippen LogP contribution in [0.15, 0.2) is 72.9 Å². The standard InChI is InChI=1S/C14H11F3.C9H10N2.2C2H6/c1-10-3-2-4-12(9-10)11-5-7-13(8-6-11)14(15,16)17;1-7-9-5-3-4-6-11(9)8(2)10-7;2*1-2/h2-9H,1H3;3-6H,1-2H3;2*1-2H3. The second-order valence-electron chi connectivity index (χ2n) is 6.64. The number of rotatable bonds is 1. The van der Waals surface area contributed by atoms with Crippen LogP contribution in [0.3, 0.4) is 0 Å². The highest BCUT2D eigenvalue weighted by atomic mass is 19.4. The van der Waals surface area contributed by atoms with E-state index in [1.165, 1.54) is 17.6 Å². The van der Waals surface area contributed by atoms with Gasteiger partial charge in [-0.2, -0.15) is 13.2 Å². The van der Waals surface area contributed by atoms with E-state index in [0.717, 1.165) is 40.3 Å². The van der Waals surface area contributed by atoms with Gasteiger partial charge in [0.25, 0.3) is 0 Å². The average Bonchev–Trinajstić information content (AvgIpc) is 3.10. The Labute approximate surface area is 189 Å². The summed E-state index contributed by atoms with van der Waals surface area (Å²) in [7, 11) is 0. The summed E-state index contributed by atoms with van der Waals surface area (Å²) in [6, 6.07) is 19.0. The lowest BCUT2D eigenvalue weighted by molar-refractivity contribution is -0.137. The SMILES string of the molecule is CC.CC.Cc1cccc(-c2ccc(C(F)(F)F)cc2)c1.Cc1nc(C)n2ccccc12. The fourth-order valence-electron chi connectivity index (χ4n) is 3.05. The molecule has 0 fully saturated rings. The summed E-state index contributed by atoms with van der Waals surface area (Å²) in [6.45, 7) is 14.0. The van der Waals surface area contributed by atoms with Crippen molar-refractivity contribution in [3.63, 3.8) is 0 Å². The molecule has 4 aromatic rings. The third-order valence-electron chi connectivity index (χ3n) is 4.47. The number of alkyl halides is 3. The number of hydrogen-bond donors (Lipinski definition) is 0. The number of aromatic nitrogens is 2. The first kappa shape index (κ1) is 27.0. The summed E-state index contributed by atoms with van der Waals surface area (Å²) in [5.74, 6) is 1.05. The summed E-state index contributed by atoms with van der Waals surface area (Å²) in [5.41, 5.74) is 4.49. The fraction of sp³-hybridized carbons (Fsp3) is 0.296. The van der Waals surface area contributed by atoms with Crippen LogP contribution in [0.2, 0.25) is 0 Å². The largest absolute Gasteiger partial charge is 0.416 e. The lowest BCUT2D eigenvalue weighted by Crippen LogP contribution is -2.03. The predicted octanol–water partition coefficient (Wildman–Crippen LogP) is 8.68. The van der Waals surface area contributed by atoms with E-state index in [4.69, 9.17) is 0 Å². The van der Waals surface area contributed by atoms with Crippen molar-refractivity contribution in [3.05, 3.63) is 95.6 Å². The Balaban J connectivity index is 0.000000294. The molecule has 2 aromatic carbocycles. The van der Waals surface area contributed by atoms with Gasteiger partial charge in [-0.3, -0.25) is 0 Å². The number of fused-ring (bicyclic) bond motifs is 1. The zero-order valence-electron chi connectivity index (χ0n) is 20.0. The number of benzene rings is 2. The highest BCUT2D eigenvalue weighted by Gasteiger charge is 2.29. The summed E-state index contributed by atoms with van der Waals surface area (Å²) >= 11 is 0. The fourth-order valence-corrected chi connectivity index (χ4v) is 3.05. The van der Waals surface area contributed by atoms with Crippen LogP contribution in [0.25, 0.3) is 16.6 Å². The molecular formula is C27H33F3N2. The van der Waals surface area contributed by atoms with Crippen molar-refractivity contribution in [2.45, 2.75) is 54.6 Å². The molecule has 4 rings (SSSR count). The summed E-state index contributed by atoms with van der Waals surface area (Å²) < 4.78 is 39.3. The van der Waals surface area contributed by atoms with Crippen LogP contribution >= 0.6 is 0 Å². The quantitative estimate of drug-likeness (QED) is 0.288. The molecule has 0 aliphatic heterocycles. The number of hydrogen-bond acceptors (Lipinski definition) is 1. The average molecular weight is 443 g/mol. The zero-order chi connectivity index (χ0) is 24.3. The highest BCUT2D eigenvalue weighted by Crippen LogP contribution is 2.31. The molecule has 0 atom stereocenters. The maximum absolute atomic E-state index is 12.4. The van der Waals surface area contributed by atoms with Gasteiger partial charge in [0.15, 0.2) is 0 Å². The molecule has 0 unspecified atom stereocenters. The Bertz CT molecular complexity index is 1040. The molecule has 2 nitrogen and oxygen atoms in total. The third-order valence-corrected chi connectivity index (χ3v) is 4.47. The summed E-state index contributed by atoms with van der Waals surface area (Å²) in [5, 5.41) is 0. The minimum Gasteiger partial charge on any atom is -0.304 e. The Morgan fingerprint density at radius 2 is 1.34 bits per heavy atom. The van der Waals surface area contributed by atoms with E-state index in [2.05, 4.69) is 15.5 Å². The topological polar surface area (TPSA) is 17.3 Å². The van der Waals surface area contributed by atoms with Crippen LogP contribution in [0.4, 0.5) is 13.2 Å². The summed E-state index contributed by atoms with van der Waals surface area (Å²) in [6.07, 6.45) is -2.24. The van der Waals surface area contributed by atoms with E-state index >= 15 is 0 Å². The van der Waals surface area contributed by atoms with Gasteiger partial charge in [0.05, 0.1) is 16.8 Å². The second kappa shape index (κ2) is 12.7. The van der Waals surface area contributed by atoms with Crippen molar-refractivity contribution in [2.75, 3.05) is 0 Å². The van der Waals surface area contributed by atoms with Gasteiger partial charge >= 0.3 is 6.18 Å². The van der Waals surface area contributed by atoms with Crippen molar-refractivity contribution < 1.29 is 13.2 Å². The van der Waals surface area contributed by atoms with E-state index in [1.54, 1.807) is 0 Å². The van der Waals surface area contributed by atoms with Crippen molar-refractivity contribution in [1.82, 2.24) is 9.38 Å². The number of imidazole rings is 1. The Kier molecular flexibility index (Phi) is 10.7. The molecule has 0 saturated carbocycles. The van der Waals surface area contributed by atoms with E-state index in [1.807, 2.05) is 91.1 Å². The van der Waals surface area contributed by atoms with Crippen LogP contribution in [-0.4, -0.2) is 9.38 Å². The molecule has 0 amide bonds.